The maximum atomic E-state index is 10.4. The number of aliphatic carboxylic acids is 1. The molecule has 0 unspecified atom stereocenters. The lowest BCUT2D eigenvalue weighted by Gasteiger charge is -2.29. The monoisotopic (exact) mass is 260 g/mol. The van der Waals surface area contributed by atoms with Crippen molar-refractivity contribution in [1.29, 1.82) is 0 Å². The maximum absolute atomic E-state index is 10.4. The molecule has 0 atom stereocenters. The van der Waals surface area contributed by atoms with Crippen molar-refractivity contribution in [3.8, 4) is 0 Å². The molecular weight excluding hydrogens is 228 g/mol. The molecule has 0 radical (unpaired) electrons. The van der Waals surface area contributed by atoms with Crippen molar-refractivity contribution < 1.29 is 9.90 Å². The quantitative estimate of drug-likeness (QED) is 0.815. The number of nitrogens with one attached hydrogen (secondary N) is 1. The zero-order valence-electron chi connectivity index (χ0n) is 12.8. The molecule has 110 valence electrons. The smallest absolute Gasteiger partial charge is 0.317 e. The third kappa shape index (κ3) is 11.9. The summed E-state index contributed by atoms with van der Waals surface area (Å²) in [5, 5.41) is 11.5. The minimum Gasteiger partial charge on any atom is -0.480 e. The van der Waals surface area contributed by atoms with Gasteiger partial charge in [0.15, 0.2) is 0 Å². The van der Waals surface area contributed by atoms with Crippen molar-refractivity contribution >= 4 is 5.97 Å². The molecule has 0 saturated carbocycles. The van der Waals surface area contributed by atoms with Crippen molar-refractivity contribution in [3.05, 3.63) is 0 Å². The summed E-state index contributed by atoms with van der Waals surface area (Å²) in [4.78, 5) is 12.4. The van der Waals surface area contributed by atoms with Crippen LogP contribution < -0.4 is 5.32 Å². The molecule has 1 aliphatic rings. The summed E-state index contributed by atoms with van der Waals surface area (Å²) < 4.78 is 0. The number of nitrogens with zero attached hydrogens (tertiary/aromatic N) is 1. The first kappa shape index (κ1) is 19.7. The second kappa shape index (κ2) is 14.5. The van der Waals surface area contributed by atoms with Gasteiger partial charge in [-0.3, -0.25) is 9.69 Å². The van der Waals surface area contributed by atoms with E-state index in [-0.39, 0.29) is 6.54 Å². The lowest BCUT2D eigenvalue weighted by molar-refractivity contribution is -0.138. The number of carboxylic acids is 1. The Balaban J connectivity index is 0. The number of hydrogen-bond acceptors (Lipinski definition) is 3. The molecule has 4 heteroatoms. The number of piperidine rings is 1. The predicted molar refractivity (Wildman–Crippen MR) is 78.0 cm³/mol. The molecule has 0 spiro atoms. The highest BCUT2D eigenvalue weighted by Gasteiger charge is 2.18. The summed E-state index contributed by atoms with van der Waals surface area (Å²) in [7, 11) is 1.93. The number of rotatable bonds is 4. The van der Waals surface area contributed by atoms with Gasteiger partial charge in [0.2, 0.25) is 0 Å². The van der Waals surface area contributed by atoms with Gasteiger partial charge in [0.1, 0.15) is 0 Å². The minimum atomic E-state index is -0.704. The highest BCUT2D eigenvalue weighted by atomic mass is 16.4. The Morgan fingerprint density at radius 1 is 1.28 bits per heavy atom. The SMILES string of the molecule is CC.CCC1CCN(CC(=O)O)CC1.CCNC. The van der Waals surface area contributed by atoms with E-state index in [0.29, 0.717) is 0 Å². The van der Waals surface area contributed by atoms with Gasteiger partial charge in [-0.1, -0.05) is 34.1 Å². The molecule has 2 N–H and O–H groups in total. The molecule has 1 rings (SSSR count). The number of hydrogen-bond donors (Lipinski definition) is 2. The van der Waals surface area contributed by atoms with Gasteiger partial charge in [-0.15, -0.1) is 0 Å². The van der Waals surface area contributed by atoms with Crippen LogP contribution in [0.3, 0.4) is 0 Å². The van der Waals surface area contributed by atoms with E-state index in [1.807, 2.05) is 25.8 Å². The Bertz CT molecular complexity index is 177. The summed E-state index contributed by atoms with van der Waals surface area (Å²) >= 11 is 0. The van der Waals surface area contributed by atoms with Crippen LogP contribution >= 0.6 is 0 Å². The van der Waals surface area contributed by atoms with E-state index in [1.165, 1.54) is 19.3 Å². The first-order chi connectivity index (χ1) is 8.63. The molecule has 0 aromatic rings. The zero-order valence-corrected chi connectivity index (χ0v) is 12.8. The van der Waals surface area contributed by atoms with Crippen LogP contribution in [0.1, 0.15) is 47.0 Å². The van der Waals surface area contributed by atoms with E-state index in [2.05, 4.69) is 19.2 Å². The second-order valence-electron chi connectivity index (χ2n) is 4.23. The molecule has 1 fully saturated rings. The third-order valence-electron chi connectivity index (χ3n) is 3.00. The fourth-order valence-electron chi connectivity index (χ4n) is 1.74. The van der Waals surface area contributed by atoms with Crippen LogP contribution in [-0.2, 0) is 4.79 Å². The first-order valence-corrected chi connectivity index (χ1v) is 7.22. The lowest BCUT2D eigenvalue weighted by atomic mass is 9.94. The van der Waals surface area contributed by atoms with Crippen molar-refractivity contribution in [1.82, 2.24) is 10.2 Å². The molecule has 0 aromatic heterocycles. The van der Waals surface area contributed by atoms with Crippen LogP contribution in [0.2, 0.25) is 0 Å². The Labute approximate surface area is 113 Å². The molecular formula is C14H32N2O2. The average molecular weight is 260 g/mol. The number of carbonyl (C=O) groups is 1. The highest BCUT2D eigenvalue weighted by Crippen LogP contribution is 2.19. The Kier molecular flexibility index (Phi) is 15.8. The molecule has 0 bridgehead atoms. The van der Waals surface area contributed by atoms with Crippen LogP contribution in [0, 0.1) is 5.92 Å². The third-order valence-corrected chi connectivity index (χ3v) is 3.00. The van der Waals surface area contributed by atoms with E-state index < -0.39 is 5.97 Å². The fraction of sp³-hybridized carbons (Fsp3) is 0.929. The fourth-order valence-corrected chi connectivity index (χ4v) is 1.74. The van der Waals surface area contributed by atoms with Crippen LogP contribution in [0.4, 0.5) is 0 Å². The molecule has 0 aliphatic carbocycles. The van der Waals surface area contributed by atoms with Gasteiger partial charge < -0.3 is 10.4 Å². The van der Waals surface area contributed by atoms with Gasteiger partial charge in [0, 0.05) is 0 Å². The van der Waals surface area contributed by atoms with Crippen LogP contribution in [0.5, 0.6) is 0 Å². The molecule has 1 saturated heterocycles. The van der Waals surface area contributed by atoms with Crippen molar-refractivity contribution in [3.63, 3.8) is 0 Å². The van der Waals surface area contributed by atoms with Gasteiger partial charge in [0.25, 0.3) is 0 Å². The van der Waals surface area contributed by atoms with E-state index in [1.54, 1.807) is 0 Å². The zero-order chi connectivity index (χ0) is 14.4. The van der Waals surface area contributed by atoms with E-state index in [9.17, 15) is 4.79 Å². The van der Waals surface area contributed by atoms with E-state index in [0.717, 1.165) is 25.6 Å². The average Bonchev–Trinajstić information content (AvgIpc) is 2.41. The van der Waals surface area contributed by atoms with Gasteiger partial charge in [-0.2, -0.15) is 0 Å². The van der Waals surface area contributed by atoms with Crippen molar-refractivity contribution in [2.75, 3.05) is 33.2 Å². The largest absolute Gasteiger partial charge is 0.480 e. The lowest BCUT2D eigenvalue weighted by Crippen LogP contribution is -2.37. The van der Waals surface area contributed by atoms with Gasteiger partial charge >= 0.3 is 5.97 Å². The minimum absolute atomic E-state index is 0.219. The molecule has 4 nitrogen and oxygen atoms in total. The van der Waals surface area contributed by atoms with Crippen molar-refractivity contribution in [2.45, 2.75) is 47.0 Å². The summed E-state index contributed by atoms with van der Waals surface area (Å²) in [6.45, 7) is 11.5. The Morgan fingerprint density at radius 3 is 2.00 bits per heavy atom. The summed E-state index contributed by atoms with van der Waals surface area (Å²) in [5.74, 6) is 0.125. The Morgan fingerprint density at radius 2 is 1.72 bits per heavy atom. The van der Waals surface area contributed by atoms with Crippen molar-refractivity contribution in [2.24, 2.45) is 5.92 Å². The van der Waals surface area contributed by atoms with Crippen LogP contribution in [0.15, 0.2) is 0 Å². The summed E-state index contributed by atoms with van der Waals surface area (Å²) in [6.07, 6.45) is 3.58. The topological polar surface area (TPSA) is 52.6 Å². The maximum Gasteiger partial charge on any atom is 0.317 e. The van der Waals surface area contributed by atoms with E-state index in [4.69, 9.17) is 5.11 Å². The molecule has 1 heterocycles. The van der Waals surface area contributed by atoms with E-state index >= 15 is 0 Å². The second-order valence-corrected chi connectivity index (χ2v) is 4.23. The standard InChI is InChI=1S/C9H17NO2.C3H9N.C2H6/c1-2-8-3-5-10(6-4-8)7-9(11)12;1-3-4-2;1-2/h8H,2-7H2,1H3,(H,11,12);4H,3H2,1-2H3;1-2H3. The first-order valence-electron chi connectivity index (χ1n) is 7.22. The number of carboxylic acid groups (broad SMARTS) is 1. The Hall–Kier alpha value is -0.610. The van der Waals surface area contributed by atoms with Crippen LogP contribution in [-0.4, -0.2) is 49.2 Å². The van der Waals surface area contributed by atoms with Gasteiger partial charge in [-0.05, 0) is 45.4 Å². The van der Waals surface area contributed by atoms with Gasteiger partial charge in [0.05, 0.1) is 6.54 Å². The number of likely N-dealkylation sites (tertiary alicyclic amines) is 1. The molecule has 18 heavy (non-hydrogen) atoms. The molecule has 0 amide bonds. The molecule has 1 aliphatic heterocycles. The summed E-state index contributed by atoms with van der Waals surface area (Å²) in [6, 6.07) is 0. The normalized spacial score (nSPS) is 16.1. The predicted octanol–water partition coefficient (Wildman–Crippen LogP) is 2.44. The summed E-state index contributed by atoms with van der Waals surface area (Å²) in [5.41, 5.74) is 0. The van der Waals surface area contributed by atoms with Crippen LogP contribution in [0.25, 0.3) is 0 Å². The molecule has 0 aromatic carbocycles. The van der Waals surface area contributed by atoms with Gasteiger partial charge in [-0.25, -0.2) is 0 Å². The highest BCUT2D eigenvalue weighted by molar-refractivity contribution is 5.69.